The van der Waals surface area contributed by atoms with Gasteiger partial charge in [0, 0.05) is 35.2 Å². The zero-order valence-corrected chi connectivity index (χ0v) is 17.3. The van der Waals surface area contributed by atoms with Crippen LogP contribution >= 0.6 is 15.9 Å². The first kappa shape index (κ1) is 20.3. The third-order valence-electron chi connectivity index (χ3n) is 4.50. The number of nitro benzene ring substituents is 1. The summed E-state index contributed by atoms with van der Waals surface area (Å²) in [5.41, 5.74) is 1.72. The molecule has 1 heterocycles. The quantitative estimate of drug-likeness (QED) is 0.551. The molecular formula is C20H22BrN3O4. The smallest absolute Gasteiger partial charge is 0.293 e. The van der Waals surface area contributed by atoms with E-state index >= 15 is 0 Å². The summed E-state index contributed by atoms with van der Waals surface area (Å²) in [4.78, 5) is 25.4. The molecule has 0 spiro atoms. The number of nitrogens with one attached hydrogen (secondary N) is 1. The van der Waals surface area contributed by atoms with Crippen molar-refractivity contribution >= 4 is 33.2 Å². The van der Waals surface area contributed by atoms with E-state index in [9.17, 15) is 14.9 Å². The van der Waals surface area contributed by atoms with Gasteiger partial charge in [0.1, 0.15) is 11.8 Å². The lowest BCUT2D eigenvalue weighted by molar-refractivity contribution is -0.384. The summed E-state index contributed by atoms with van der Waals surface area (Å²) >= 11 is 3.42. The molecule has 1 aliphatic rings. The van der Waals surface area contributed by atoms with E-state index in [1.165, 1.54) is 6.07 Å². The van der Waals surface area contributed by atoms with Crippen molar-refractivity contribution in [2.45, 2.75) is 26.0 Å². The summed E-state index contributed by atoms with van der Waals surface area (Å²) in [6, 6.07) is 12.4. The number of morpholine rings is 1. The van der Waals surface area contributed by atoms with E-state index in [2.05, 4.69) is 21.2 Å². The number of nitrogens with zero attached hydrogens (tertiary/aromatic N) is 2. The van der Waals surface area contributed by atoms with Crippen molar-refractivity contribution in [2.24, 2.45) is 0 Å². The van der Waals surface area contributed by atoms with Crippen LogP contribution in [0.15, 0.2) is 46.9 Å². The predicted octanol–water partition coefficient (Wildman–Crippen LogP) is 4.07. The Morgan fingerprint density at radius 3 is 2.64 bits per heavy atom. The second kappa shape index (κ2) is 8.70. The number of anilines is 1. The van der Waals surface area contributed by atoms with Crippen LogP contribution in [-0.2, 0) is 4.74 Å². The zero-order chi connectivity index (χ0) is 20.3. The molecule has 3 rings (SSSR count). The van der Waals surface area contributed by atoms with Gasteiger partial charge in [-0.25, -0.2) is 0 Å². The van der Waals surface area contributed by atoms with Gasteiger partial charge in [-0.15, -0.1) is 0 Å². The molecule has 0 bridgehead atoms. The highest BCUT2D eigenvalue weighted by atomic mass is 79.9. The maximum absolute atomic E-state index is 12.2. The van der Waals surface area contributed by atoms with Gasteiger partial charge in [0.05, 0.1) is 11.5 Å². The number of rotatable bonds is 5. The third kappa shape index (κ3) is 4.69. The second-order valence-corrected chi connectivity index (χ2v) is 7.86. The summed E-state index contributed by atoms with van der Waals surface area (Å²) in [6.07, 6.45) is -0.176. The Morgan fingerprint density at radius 1 is 1.29 bits per heavy atom. The SMILES string of the molecule is CC(C)NC(=O)c1ccc(N2CCOC(c3ccc(Br)cc3)C2)c([N+](=O)[O-])c1. The number of halogens is 1. The lowest BCUT2D eigenvalue weighted by Crippen LogP contribution is -2.38. The van der Waals surface area contributed by atoms with E-state index in [0.717, 1.165) is 10.0 Å². The molecule has 2 aromatic rings. The monoisotopic (exact) mass is 447 g/mol. The van der Waals surface area contributed by atoms with E-state index in [4.69, 9.17) is 4.74 Å². The van der Waals surface area contributed by atoms with Crippen molar-refractivity contribution < 1.29 is 14.5 Å². The minimum Gasteiger partial charge on any atom is -0.370 e. The van der Waals surface area contributed by atoms with Crippen molar-refractivity contribution in [2.75, 3.05) is 24.6 Å². The molecule has 0 aliphatic carbocycles. The average molecular weight is 448 g/mol. The van der Waals surface area contributed by atoms with Crippen LogP contribution in [0, 0.1) is 10.1 Å². The minimum atomic E-state index is -0.439. The number of benzene rings is 2. The summed E-state index contributed by atoms with van der Waals surface area (Å²) in [7, 11) is 0. The van der Waals surface area contributed by atoms with Crippen LogP contribution in [0.1, 0.15) is 35.9 Å². The largest absolute Gasteiger partial charge is 0.370 e. The Kier molecular flexibility index (Phi) is 6.31. The molecule has 1 unspecified atom stereocenters. The van der Waals surface area contributed by atoms with E-state index in [-0.39, 0.29) is 29.3 Å². The molecule has 1 atom stereocenters. The van der Waals surface area contributed by atoms with Gasteiger partial charge in [-0.2, -0.15) is 0 Å². The molecule has 7 nitrogen and oxygen atoms in total. The molecule has 8 heteroatoms. The highest BCUT2D eigenvalue weighted by molar-refractivity contribution is 9.10. The maximum Gasteiger partial charge on any atom is 0.293 e. The number of carbonyl (C=O) groups is 1. The predicted molar refractivity (Wildman–Crippen MR) is 111 cm³/mol. The molecule has 1 aliphatic heterocycles. The Balaban J connectivity index is 1.86. The van der Waals surface area contributed by atoms with Gasteiger partial charge in [-0.1, -0.05) is 28.1 Å². The third-order valence-corrected chi connectivity index (χ3v) is 5.03. The van der Waals surface area contributed by atoms with Gasteiger partial charge < -0.3 is 15.0 Å². The van der Waals surface area contributed by atoms with Crippen molar-refractivity contribution in [3.8, 4) is 0 Å². The molecule has 0 saturated carbocycles. The van der Waals surface area contributed by atoms with E-state index < -0.39 is 4.92 Å². The highest BCUT2D eigenvalue weighted by Crippen LogP contribution is 2.33. The number of hydrogen-bond acceptors (Lipinski definition) is 5. The molecule has 148 valence electrons. The molecule has 2 aromatic carbocycles. The van der Waals surface area contributed by atoms with Crippen LogP contribution in [0.2, 0.25) is 0 Å². The summed E-state index contributed by atoms with van der Waals surface area (Å²) in [5.74, 6) is -0.320. The molecular weight excluding hydrogens is 426 g/mol. The molecule has 1 saturated heterocycles. The number of carbonyl (C=O) groups excluding carboxylic acids is 1. The van der Waals surface area contributed by atoms with Crippen LogP contribution in [-0.4, -0.2) is 36.6 Å². The summed E-state index contributed by atoms with van der Waals surface area (Å²) in [5, 5.41) is 14.4. The van der Waals surface area contributed by atoms with Crippen LogP contribution in [0.5, 0.6) is 0 Å². The number of hydrogen-bond donors (Lipinski definition) is 1. The number of nitro groups is 1. The fourth-order valence-corrected chi connectivity index (χ4v) is 3.44. The highest BCUT2D eigenvalue weighted by Gasteiger charge is 2.28. The van der Waals surface area contributed by atoms with Crippen molar-refractivity contribution in [1.82, 2.24) is 5.32 Å². The fourth-order valence-electron chi connectivity index (χ4n) is 3.17. The zero-order valence-electron chi connectivity index (χ0n) is 15.7. The van der Waals surface area contributed by atoms with Gasteiger partial charge >= 0.3 is 0 Å². The summed E-state index contributed by atoms with van der Waals surface area (Å²) in [6.45, 7) is 5.20. The van der Waals surface area contributed by atoms with Gasteiger partial charge in [-0.3, -0.25) is 14.9 Å². The number of amides is 1. The van der Waals surface area contributed by atoms with Gasteiger partial charge in [0.25, 0.3) is 11.6 Å². The molecule has 0 aromatic heterocycles. The van der Waals surface area contributed by atoms with Crippen molar-refractivity contribution in [3.63, 3.8) is 0 Å². The average Bonchev–Trinajstić information content (AvgIpc) is 2.67. The van der Waals surface area contributed by atoms with E-state index in [0.29, 0.717) is 25.4 Å². The lowest BCUT2D eigenvalue weighted by atomic mass is 10.1. The second-order valence-electron chi connectivity index (χ2n) is 6.95. The van der Waals surface area contributed by atoms with Crippen LogP contribution in [0.3, 0.4) is 0 Å². The van der Waals surface area contributed by atoms with Crippen LogP contribution < -0.4 is 10.2 Å². The Hall–Kier alpha value is -2.45. The normalized spacial score (nSPS) is 16.9. The molecule has 1 N–H and O–H groups in total. The standard InChI is InChI=1S/C20H22BrN3O4/c1-13(2)22-20(25)15-5-8-17(18(11-15)24(26)27)23-9-10-28-19(12-23)14-3-6-16(21)7-4-14/h3-8,11,13,19H,9-10,12H2,1-2H3,(H,22,25). The first-order valence-electron chi connectivity index (χ1n) is 9.06. The topological polar surface area (TPSA) is 84.7 Å². The fraction of sp³-hybridized carbons (Fsp3) is 0.350. The molecule has 0 radical (unpaired) electrons. The Labute approximate surface area is 172 Å². The van der Waals surface area contributed by atoms with E-state index in [1.54, 1.807) is 12.1 Å². The van der Waals surface area contributed by atoms with Crippen molar-refractivity contribution in [3.05, 3.63) is 68.2 Å². The summed E-state index contributed by atoms with van der Waals surface area (Å²) < 4.78 is 6.85. The van der Waals surface area contributed by atoms with Gasteiger partial charge in [0.15, 0.2) is 0 Å². The first-order chi connectivity index (χ1) is 13.3. The van der Waals surface area contributed by atoms with Crippen LogP contribution in [0.4, 0.5) is 11.4 Å². The molecule has 28 heavy (non-hydrogen) atoms. The number of ether oxygens (including phenoxy) is 1. The van der Waals surface area contributed by atoms with E-state index in [1.807, 2.05) is 43.0 Å². The van der Waals surface area contributed by atoms with Crippen LogP contribution in [0.25, 0.3) is 0 Å². The first-order valence-corrected chi connectivity index (χ1v) is 9.85. The maximum atomic E-state index is 12.2. The minimum absolute atomic E-state index is 0.0443. The molecule has 1 amide bonds. The van der Waals surface area contributed by atoms with Gasteiger partial charge in [-0.05, 0) is 43.7 Å². The Bertz CT molecular complexity index is 870. The van der Waals surface area contributed by atoms with Gasteiger partial charge in [0.2, 0.25) is 0 Å². The molecule has 1 fully saturated rings. The lowest BCUT2D eigenvalue weighted by Gasteiger charge is -2.34. The Morgan fingerprint density at radius 2 is 2.00 bits per heavy atom. The van der Waals surface area contributed by atoms with Crippen molar-refractivity contribution in [1.29, 1.82) is 0 Å².